The molecule has 0 aliphatic carbocycles. The number of nitrogens with one attached hydrogen (secondary N) is 2. The van der Waals surface area contributed by atoms with Gasteiger partial charge in [-0.2, -0.15) is 5.10 Å². The number of anilines is 1. The van der Waals surface area contributed by atoms with Gasteiger partial charge in [0, 0.05) is 42.6 Å². The fourth-order valence-electron chi connectivity index (χ4n) is 2.44. The summed E-state index contributed by atoms with van der Waals surface area (Å²) in [7, 11) is 1.90. The Morgan fingerprint density at radius 3 is 3.10 bits per heavy atom. The first kappa shape index (κ1) is 12.7. The average molecular weight is 270 g/mol. The predicted molar refractivity (Wildman–Crippen MR) is 77.8 cm³/mol. The maximum atomic E-state index is 12.2. The van der Waals surface area contributed by atoms with Gasteiger partial charge in [0.25, 0.3) is 5.91 Å². The number of carbonyl (C=O) groups excluding carboxylic acids is 1. The highest BCUT2D eigenvalue weighted by Gasteiger charge is 2.13. The van der Waals surface area contributed by atoms with Gasteiger partial charge >= 0.3 is 0 Å². The summed E-state index contributed by atoms with van der Waals surface area (Å²) in [6.45, 7) is 3.46. The lowest BCUT2D eigenvalue weighted by atomic mass is 10.1. The largest absolute Gasteiger partial charge is 0.384 e. The van der Waals surface area contributed by atoms with Crippen LogP contribution in [-0.4, -0.2) is 22.2 Å². The third kappa shape index (κ3) is 2.27. The predicted octanol–water partition coefficient (Wildman–Crippen LogP) is 1.63. The molecular formula is C15H18N4O. The molecule has 2 aromatic rings. The molecule has 0 saturated heterocycles. The van der Waals surface area contributed by atoms with Crippen molar-refractivity contribution in [1.29, 1.82) is 0 Å². The molecule has 104 valence electrons. The van der Waals surface area contributed by atoms with Crippen molar-refractivity contribution >= 4 is 11.6 Å². The zero-order valence-electron chi connectivity index (χ0n) is 11.7. The van der Waals surface area contributed by atoms with Gasteiger partial charge in [-0.1, -0.05) is 0 Å². The summed E-state index contributed by atoms with van der Waals surface area (Å²) in [5.74, 6) is -0.0389. The lowest BCUT2D eigenvalue weighted by Gasteiger charge is -2.07. The number of benzene rings is 1. The van der Waals surface area contributed by atoms with Gasteiger partial charge in [-0.05, 0) is 37.1 Å². The van der Waals surface area contributed by atoms with Crippen LogP contribution in [0, 0.1) is 6.92 Å². The molecule has 20 heavy (non-hydrogen) atoms. The Morgan fingerprint density at radius 2 is 2.35 bits per heavy atom. The minimum Gasteiger partial charge on any atom is -0.384 e. The van der Waals surface area contributed by atoms with Crippen LogP contribution in [0.25, 0.3) is 0 Å². The van der Waals surface area contributed by atoms with Gasteiger partial charge in [0.1, 0.15) is 0 Å². The third-order valence-corrected chi connectivity index (χ3v) is 3.85. The molecule has 1 amide bonds. The lowest BCUT2D eigenvalue weighted by molar-refractivity contribution is 0.0951. The van der Waals surface area contributed by atoms with Gasteiger partial charge in [0.15, 0.2) is 0 Å². The third-order valence-electron chi connectivity index (χ3n) is 3.85. The second-order valence-corrected chi connectivity index (χ2v) is 5.11. The van der Waals surface area contributed by atoms with Crippen LogP contribution in [-0.2, 0) is 20.0 Å². The Morgan fingerprint density at radius 1 is 1.50 bits per heavy atom. The Kier molecular flexibility index (Phi) is 3.18. The number of aromatic nitrogens is 2. The van der Waals surface area contributed by atoms with Gasteiger partial charge in [-0.15, -0.1) is 0 Å². The number of rotatable bonds is 3. The van der Waals surface area contributed by atoms with Crippen LogP contribution in [0.4, 0.5) is 5.69 Å². The number of nitrogens with zero attached hydrogens (tertiary/aromatic N) is 2. The van der Waals surface area contributed by atoms with Crippen LogP contribution in [0.5, 0.6) is 0 Å². The van der Waals surface area contributed by atoms with E-state index in [-0.39, 0.29) is 5.91 Å². The number of amides is 1. The van der Waals surface area contributed by atoms with Crippen LogP contribution in [0.15, 0.2) is 24.4 Å². The van der Waals surface area contributed by atoms with E-state index in [2.05, 4.69) is 15.7 Å². The summed E-state index contributed by atoms with van der Waals surface area (Å²) in [6, 6.07) is 5.82. The van der Waals surface area contributed by atoms with Gasteiger partial charge in [0.05, 0.1) is 6.20 Å². The van der Waals surface area contributed by atoms with Crippen LogP contribution >= 0.6 is 0 Å². The molecule has 2 heterocycles. The Labute approximate surface area is 118 Å². The summed E-state index contributed by atoms with van der Waals surface area (Å²) in [4.78, 5) is 12.2. The standard InChI is InChI=1S/C15H18N4O/c1-10-13(9-18-19(10)2)8-17-15(20)12-3-4-14-11(7-12)5-6-16-14/h3-4,7,9,16H,5-6,8H2,1-2H3,(H,17,20). The summed E-state index contributed by atoms with van der Waals surface area (Å²) in [6.07, 6.45) is 2.78. The number of aryl methyl sites for hydroxylation is 1. The maximum Gasteiger partial charge on any atom is 0.251 e. The average Bonchev–Trinajstić information content (AvgIpc) is 3.04. The molecule has 2 N–H and O–H groups in total. The van der Waals surface area contributed by atoms with E-state index in [1.54, 1.807) is 6.20 Å². The van der Waals surface area contributed by atoms with E-state index < -0.39 is 0 Å². The molecule has 0 bridgehead atoms. The monoisotopic (exact) mass is 270 g/mol. The normalized spacial score (nSPS) is 12.9. The molecule has 0 atom stereocenters. The molecule has 1 aliphatic rings. The highest BCUT2D eigenvalue weighted by molar-refractivity contribution is 5.95. The fourth-order valence-corrected chi connectivity index (χ4v) is 2.44. The van der Waals surface area contributed by atoms with Crippen molar-refractivity contribution in [2.45, 2.75) is 19.9 Å². The molecule has 3 rings (SSSR count). The SMILES string of the molecule is Cc1c(CNC(=O)c2ccc3c(c2)CCN3)cnn1C. The van der Waals surface area contributed by atoms with E-state index in [1.165, 1.54) is 5.56 Å². The zero-order valence-corrected chi connectivity index (χ0v) is 11.7. The second-order valence-electron chi connectivity index (χ2n) is 5.11. The summed E-state index contributed by atoms with van der Waals surface area (Å²) in [5, 5.41) is 10.4. The first-order chi connectivity index (χ1) is 9.65. The Bertz CT molecular complexity index is 660. The van der Waals surface area contributed by atoms with Gasteiger partial charge in [-0.25, -0.2) is 0 Å². The van der Waals surface area contributed by atoms with Crippen molar-refractivity contribution in [2.75, 3.05) is 11.9 Å². The van der Waals surface area contributed by atoms with Crippen molar-refractivity contribution in [1.82, 2.24) is 15.1 Å². The Hall–Kier alpha value is -2.30. The topological polar surface area (TPSA) is 59.0 Å². The quantitative estimate of drug-likeness (QED) is 0.891. The maximum absolute atomic E-state index is 12.2. The molecule has 0 fully saturated rings. The van der Waals surface area contributed by atoms with Crippen molar-refractivity contribution in [3.63, 3.8) is 0 Å². The van der Waals surface area contributed by atoms with Crippen LogP contribution in [0.1, 0.15) is 27.2 Å². The van der Waals surface area contributed by atoms with Gasteiger partial charge in [0.2, 0.25) is 0 Å². The first-order valence-corrected chi connectivity index (χ1v) is 6.77. The molecule has 1 aliphatic heterocycles. The number of fused-ring (bicyclic) bond motifs is 1. The van der Waals surface area contributed by atoms with Gasteiger partial charge < -0.3 is 10.6 Å². The fraction of sp³-hybridized carbons (Fsp3) is 0.333. The van der Waals surface area contributed by atoms with E-state index in [0.717, 1.165) is 29.9 Å². The lowest BCUT2D eigenvalue weighted by Crippen LogP contribution is -2.23. The van der Waals surface area contributed by atoms with E-state index in [1.807, 2.05) is 36.9 Å². The summed E-state index contributed by atoms with van der Waals surface area (Å²) in [5.41, 5.74) is 5.20. The summed E-state index contributed by atoms with van der Waals surface area (Å²) < 4.78 is 1.81. The molecule has 1 aromatic heterocycles. The van der Waals surface area contributed by atoms with Crippen LogP contribution < -0.4 is 10.6 Å². The molecule has 0 spiro atoms. The Balaban J connectivity index is 1.69. The highest BCUT2D eigenvalue weighted by atomic mass is 16.1. The summed E-state index contributed by atoms with van der Waals surface area (Å²) >= 11 is 0. The van der Waals surface area contributed by atoms with Crippen LogP contribution in [0.2, 0.25) is 0 Å². The van der Waals surface area contributed by atoms with E-state index in [4.69, 9.17) is 0 Å². The highest BCUT2D eigenvalue weighted by Crippen LogP contribution is 2.22. The van der Waals surface area contributed by atoms with Crippen molar-refractivity contribution in [3.8, 4) is 0 Å². The van der Waals surface area contributed by atoms with Crippen molar-refractivity contribution < 1.29 is 4.79 Å². The molecule has 5 nitrogen and oxygen atoms in total. The molecule has 0 radical (unpaired) electrons. The minimum atomic E-state index is -0.0389. The number of carbonyl (C=O) groups is 1. The molecule has 5 heteroatoms. The smallest absolute Gasteiger partial charge is 0.251 e. The van der Waals surface area contributed by atoms with Crippen LogP contribution in [0.3, 0.4) is 0 Å². The molecular weight excluding hydrogens is 252 g/mol. The second kappa shape index (κ2) is 5.00. The molecule has 0 unspecified atom stereocenters. The number of hydrogen-bond acceptors (Lipinski definition) is 3. The molecule has 1 aromatic carbocycles. The number of hydrogen-bond donors (Lipinski definition) is 2. The van der Waals surface area contributed by atoms with Crippen molar-refractivity contribution in [2.24, 2.45) is 7.05 Å². The zero-order chi connectivity index (χ0) is 14.1. The van der Waals surface area contributed by atoms with E-state index in [0.29, 0.717) is 12.1 Å². The minimum absolute atomic E-state index is 0.0389. The van der Waals surface area contributed by atoms with E-state index >= 15 is 0 Å². The first-order valence-electron chi connectivity index (χ1n) is 6.77. The molecule has 0 saturated carbocycles. The van der Waals surface area contributed by atoms with Crippen molar-refractivity contribution in [3.05, 3.63) is 46.8 Å². The van der Waals surface area contributed by atoms with Gasteiger partial charge in [-0.3, -0.25) is 9.48 Å². The van der Waals surface area contributed by atoms with E-state index in [9.17, 15) is 4.79 Å².